The van der Waals surface area contributed by atoms with Crippen molar-refractivity contribution in [3.63, 3.8) is 0 Å². The summed E-state index contributed by atoms with van der Waals surface area (Å²) < 4.78 is 0. The molecule has 4 unspecified atom stereocenters. The first-order valence-corrected chi connectivity index (χ1v) is 5.52. The molecule has 1 saturated heterocycles. The molecular weight excluding hydrogens is 194 g/mol. The minimum Gasteiger partial charge on any atom is -0.358 e. The number of ketones is 1. The quantitative estimate of drug-likeness (QED) is 0.636. The monoisotopic (exact) mass is 211 g/mol. The lowest BCUT2D eigenvalue weighted by Crippen LogP contribution is -2.55. The van der Waals surface area contributed by atoms with Crippen LogP contribution in [0.5, 0.6) is 0 Å². The van der Waals surface area contributed by atoms with Gasteiger partial charge in [0, 0.05) is 30.3 Å². The summed E-state index contributed by atoms with van der Waals surface area (Å²) in [6.07, 6.45) is 1.77. The highest BCUT2D eigenvalue weighted by atomic mass is 16.8. The first kappa shape index (κ1) is 9.75. The molecule has 0 spiro atoms. The highest BCUT2D eigenvalue weighted by Gasteiger charge is 2.78. The molecule has 4 atom stereocenters. The van der Waals surface area contributed by atoms with Gasteiger partial charge < -0.3 is 5.11 Å². The van der Waals surface area contributed by atoms with Crippen LogP contribution in [0.3, 0.4) is 0 Å². The van der Waals surface area contributed by atoms with Gasteiger partial charge in [0.1, 0.15) is 0 Å². The van der Waals surface area contributed by atoms with E-state index in [9.17, 15) is 9.90 Å². The van der Waals surface area contributed by atoms with Gasteiger partial charge in [-0.25, -0.2) is 0 Å². The SMILES string of the molecule is CN1CC2(C)C3CCC2(C)C(=O)C3(O)O1. The largest absolute Gasteiger partial charge is 0.358 e. The minimum atomic E-state index is -1.55. The van der Waals surface area contributed by atoms with Gasteiger partial charge in [0.15, 0.2) is 5.78 Å². The summed E-state index contributed by atoms with van der Waals surface area (Å²) in [5.41, 5.74) is -0.539. The van der Waals surface area contributed by atoms with Crippen molar-refractivity contribution in [3.05, 3.63) is 0 Å². The molecule has 4 heteroatoms. The van der Waals surface area contributed by atoms with Crippen LogP contribution in [0.4, 0.5) is 0 Å². The van der Waals surface area contributed by atoms with Gasteiger partial charge in [-0.05, 0) is 12.8 Å². The van der Waals surface area contributed by atoms with Gasteiger partial charge in [0.25, 0.3) is 0 Å². The van der Waals surface area contributed by atoms with E-state index in [1.807, 2.05) is 6.92 Å². The van der Waals surface area contributed by atoms with Crippen LogP contribution in [0.25, 0.3) is 0 Å². The van der Waals surface area contributed by atoms with Gasteiger partial charge in [-0.15, -0.1) is 0 Å². The van der Waals surface area contributed by atoms with E-state index >= 15 is 0 Å². The molecule has 4 nitrogen and oxygen atoms in total. The number of hydrogen-bond donors (Lipinski definition) is 1. The Balaban J connectivity index is 2.21. The van der Waals surface area contributed by atoms with E-state index in [0.717, 1.165) is 19.4 Å². The van der Waals surface area contributed by atoms with Crippen LogP contribution < -0.4 is 0 Å². The second-order valence-electron chi connectivity index (χ2n) is 5.74. The lowest BCUT2D eigenvalue weighted by molar-refractivity contribution is -0.352. The van der Waals surface area contributed by atoms with Crippen LogP contribution in [0.15, 0.2) is 0 Å². The summed E-state index contributed by atoms with van der Waals surface area (Å²) in [6, 6.07) is 0. The number of carbonyl (C=O) groups excluding carboxylic acids is 1. The van der Waals surface area contributed by atoms with Gasteiger partial charge in [0.05, 0.1) is 0 Å². The fourth-order valence-electron chi connectivity index (χ4n) is 4.10. The molecule has 15 heavy (non-hydrogen) atoms. The number of aliphatic hydroxyl groups is 1. The molecule has 0 aromatic heterocycles. The third kappa shape index (κ3) is 0.767. The molecule has 4 bridgehead atoms. The zero-order chi connectivity index (χ0) is 11.1. The standard InChI is InChI=1S/C11H17NO3/c1-9-5-4-7-10(9,2)6-12(3)15-11(7,14)8(9)13/h7,14H,4-6H2,1-3H3. The Morgan fingerprint density at radius 2 is 2.20 bits per heavy atom. The highest BCUT2D eigenvalue weighted by molar-refractivity contribution is 5.96. The van der Waals surface area contributed by atoms with Crippen LogP contribution >= 0.6 is 0 Å². The Kier molecular flexibility index (Phi) is 1.49. The fraction of sp³-hybridized carbons (Fsp3) is 0.909. The minimum absolute atomic E-state index is 0.0290. The van der Waals surface area contributed by atoms with Crippen molar-refractivity contribution in [1.29, 1.82) is 0 Å². The Bertz CT molecular complexity index is 358. The van der Waals surface area contributed by atoms with Crippen LogP contribution in [-0.2, 0) is 9.63 Å². The van der Waals surface area contributed by atoms with E-state index in [2.05, 4.69) is 6.92 Å². The Labute approximate surface area is 89.2 Å². The third-order valence-electron chi connectivity index (χ3n) is 5.11. The molecule has 3 fully saturated rings. The van der Waals surface area contributed by atoms with Gasteiger partial charge in [-0.2, -0.15) is 5.06 Å². The van der Waals surface area contributed by atoms with Crippen LogP contribution in [-0.4, -0.2) is 35.3 Å². The van der Waals surface area contributed by atoms with Crippen molar-refractivity contribution in [2.75, 3.05) is 13.6 Å². The van der Waals surface area contributed by atoms with Gasteiger partial charge in [0.2, 0.25) is 5.79 Å². The predicted octanol–water partition coefficient (Wildman–Crippen LogP) is 0.557. The van der Waals surface area contributed by atoms with E-state index in [0.29, 0.717) is 0 Å². The molecule has 3 rings (SSSR count). The van der Waals surface area contributed by atoms with Crippen LogP contribution in [0.1, 0.15) is 26.7 Å². The number of rotatable bonds is 0. The van der Waals surface area contributed by atoms with E-state index in [-0.39, 0.29) is 17.1 Å². The summed E-state index contributed by atoms with van der Waals surface area (Å²) >= 11 is 0. The van der Waals surface area contributed by atoms with E-state index < -0.39 is 11.2 Å². The summed E-state index contributed by atoms with van der Waals surface area (Å²) in [7, 11) is 1.78. The van der Waals surface area contributed by atoms with Crippen LogP contribution in [0, 0.1) is 16.7 Å². The molecule has 2 saturated carbocycles. The van der Waals surface area contributed by atoms with Crippen molar-refractivity contribution in [2.45, 2.75) is 32.5 Å². The molecule has 3 aliphatic rings. The summed E-state index contributed by atoms with van der Waals surface area (Å²) in [5, 5.41) is 12.0. The molecule has 84 valence electrons. The summed E-state index contributed by atoms with van der Waals surface area (Å²) in [6.45, 7) is 4.82. The smallest absolute Gasteiger partial charge is 0.248 e. The number of nitrogens with zero attached hydrogens (tertiary/aromatic N) is 1. The summed E-state index contributed by atoms with van der Waals surface area (Å²) in [4.78, 5) is 17.6. The number of carbonyl (C=O) groups is 1. The summed E-state index contributed by atoms with van der Waals surface area (Å²) in [5.74, 6) is -1.69. The number of hydrogen-bond acceptors (Lipinski definition) is 4. The molecule has 1 N–H and O–H groups in total. The molecule has 2 aliphatic carbocycles. The van der Waals surface area contributed by atoms with Crippen molar-refractivity contribution in [1.82, 2.24) is 5.06 Å². The highest BCUT2D eigenvalue weighted by Crippen LogP contribution is 2.69. The van der Waals surface area contributed by atoms with Crippen molar-refractivity contribution >= 4 is 5.78 Å². The molecule has 0 aromatic carbocycles. The maximum absolute atomic E-state index is 12.2. The lowest BCUT2D eigenvalue weighted by Gasteiger charge is -2.43. The van der Waals surface area contributed by atoms with E-state index in [1.54, 1.807) is 12.1 Å². The Morgan fingerprint density at radius 3 is 2.80 bits per heavy atom. The van der Waals surface area contributed by atoms with E-state index in [4.69, 9.17) is 4.84 Å². The van der Waals surface area contributed by atoms with Gasteiger partial charge in [-0.3, -0.25) is 9.63 Å². The molecular formula is C11H17NO3. The zero-order valence-corrected chi connectivity index (χ0v) is 9.41. The zero-order valence-electron chi connectivity index (χ0n) is 9.41. The van der Waals surface area contributed by atoms with Crippen molar-refractivity contribution < 1.29 is 14.7 Å². The first-order valence-electron chi connectivity index (χ1n) is 5.52. The average molecular weight is 211 g/mol. The van der Waals surface area contributed by atoms with Crippen molar-refractivity contribution in [3.8, 4) is 0 Å². The first-order chi connectivity index (χ1) is 6.84. The second kappa shape index (κ2) is 2.29. The van der Waals surface area contributed by atoms with Gasteiger partial charge >= 0.3 is 0 Å². The maximum atomic E-state index is 12.2. The number of Topliss-reactive ketones (excluding diaryl/α,β-unsaturated/α-hetero) is 1. The lowest BCUT2D eigenvalue weighted by atomic mass is 9.69. The molecule has 1 heterocycles. The van der Waals surface area contributed by atoms with E-state index in [1.165, 1.54) is 0 Å². The van der Waals surface area contributed by atoms with Gasteiger partial charge in [-0.1, -0.05) is 13.8 Å². The van der Waals surface area contributed by atoms with Crippen LogP contribution in [0.2, 0.25) is 0 Å². The second-order valence-corrected chi connectivity index (χ2v) is 5.74. The topological polar surface area (TPSA) is 49.8 Å². The molecule has 0 amide bonds. The average Bonchev–Trinajstić information content (AvgIpc) is 2.40. The van der Waals surface area contributed by atoms with Crippen molar-refractivity contribution in [2.24, 2.45) is 16.7 Å². The molecule has 0 radical (unpaired) electrons. The number of hydroxylamine groups is 2. The molecule has 0 aromatic rings. The fourth-order valence-corrected chi connectivity index (χ4v) is 4.10. The maximum Gasteiger partial charge on any atom is 0.248 e. The Morgan fingerprint density at radius 1 is 1.53 bits per heavy atom. The predicted molar refractivity (Wildman–Crippen MR) is 52.6 cm³/mol. The third-order valence-corrected chi connectivity index (χ3v) is 5.11. The Hall–Kier alpha value is -0.450. The molecule has 1 aliphatic heterocycles. The normalized spacial score (nSPS) is 58.9.